The fourth-order valence-corrected chi connectivity index (χ4v) is 7.69. The Bertz CT molecular complexity index is 1730. The number of halogens is 2. The van der Waals surface area contributed by atoms with Gasteiger partial charge in [0.2, 0.25) is 11.8 Å². The van der Waals surface area contributed by atoms with Crippen LogP contribution in [-0.2, 0) is 32.6 Å². The van der Waals surface area contributed by atoms with Crippen molar-refractivity contribution in [3.05, 3.63) is 130 Å². The van der Waals surface area contributed by atoms with E-state index in [9.17, 15) is 18.0 Å². The first kappa shape index (κ1) is 33.5. The smallest absolute Gasteiger partial charge is 0.264 e. The largest absolute Gasteiger partial charge is 0.352 e. The van der Waals surface area contributed by atoms with Crippen LogP contribution in [-0.4, -0.2) is 43.8 Å². The zero-order chi connectivity index (χ0) is 32.7. The molecule has 0 aliphatic heterocycles. The highest BCUT2D eigenvalue weighted by molar-refractivity contribution is 7.92. The summed E-state index contributed by atoms with van der Waals surface area (Å²) in [5.41, 5.74) is 2.59. The first-order valence-corrected chi connectivity index (χ1v) is 17.5. The Hall–Kier alpha value is -3.85. The molecule has 240 valence electrons. The maximum atomic E-state index is 14.6. The molecule has 1 aliphatic carbocycles. The van der Waals surface area contributed by atoms with Gasteiger partial charge in [-0.1, -0.05) is 108 Å². The summed E-state index contributed by atoms with van der Waals surface area (Å²) in [5, 5.41) is 3.85. The molecule has 0 spiro atoms. The van der Waals surface area contributed by atoms with Gasteiger partial charge in [-0.25, -0.2) is 8.42 Å². The molecule has 0 aromatic heterocycles. The number of nitrogens with zero attached hydrogens (tertiary/aromatic N) is 2. The first-order chi connectivity index (χ1) is 22.1. The van der Waals surface area contributed by atoms with Crippen LogP contribution in [0.2, 0.25) is 10.0 Å². The lowest BCUT2D eigenvalue weighted by molar-refractivity contribution is -0.140. The van der Waals surface area contributed by atoms with Crippen LogP contribution in [0.1, 0.15) is 42.4 Å². The second kappa shape index (κ2) is 15.2. The summed E-state index contributed by atoms with van der Waals surface area (Å²) in [5.74, 6) is -0.876. The van der Waals surface area contributed by atoms with E-state index in [0.717, 1.165) is 41.1 Å². The van der Waals surface area contributed by atoms with Crippen molar-refractivity contribution < 1.29 is 18.0 Å². The molecule has 4 aromatic carbocycles. The second-order valence-electron chi connectivity index (χ2n) is 11.6. The Morgan fingerprint density at radius 2 is 1.41 bits per heavy atom. The van der Waals surface area contributed by atoms with Crippen molar-refractivity contribution in [2.75, 3.05) is 10.8 Å². The molecular weight excluding hydrogens is 641 g/mol. The van der Waals surface area contributed by atoms with Crippen LogP contribution in [0.15, 0.2) is 108 Å². The number of hydrogen-bond acceptors (Lipinski definition) is 4. The van der Waals surface area contributed by atoms with Crippen LogP contribution in [0.25, 0.3) is 0 Å². The van der Waals surface area contributed by atoms with Crippen molar-refractivity contribution in [3.8, 4) is 0 Å². The number of carbonyl (C=O) groups is 2. The quantitative estimate of drug-likeness (QED) is 0.172. The molecule has 10 heteroatoms. The lowest BCUT2D eigenvalue weighted by Crippen LogP contribution is -2.54. The van der Waals surface area contributed by atoms with Gasteiger partial charge < -0.3 is 10.2 Å². The van der Waals surface area contributed by atoms with Crippen LogP contribution in [0.4, 0.5) is 5.69 Å². The van der Waals surface area contributed by atoms with Gasteiger partial charge in [0.05, 0.1) is 10.6 Å². The van der Waals surface area contributed by atoms with E-state index >= 15 is 0 Å². The van der Waals surface area contributed by atoms with Gasteiger partial charge in [0, 0.05) is 34.6 Å². The van der Waals surface area contributed by atoms with Crippen LogP contribution in [0, 0.1) is 6.92 Å². The highest BCUT2D eigenvalue weighted by atomic mass is 35.5. The van der Waals surface area contributed by atoms with Gasteiger partial charge in [0.25, 0.3) is 10.0 Å². The van der Waals surface area contributed by atoms with E-state index in [2.05, 4.69) is 5.32 Å². The minimum atomic E-state index is -4.18. The van der Waals surface area contributed by atoms with Crippen molar-refractivity contribution in [1.82, 2.24) is 10.2 Å². The van der Waals surface area contributed by atoms with E-state index in [1.54, 1.807) is 60.7 Å². The Morgan fingerprint density at radius 3 is 2.02 bits per heavy atom. The minimum absolute atomic E-state index is 0.00846. The Morgan fingerprint density at radius 1 is 0.826 bits per heavy atom. The molecule has 2 amide bonds. The maximum Gasteiger partial charge on any atom is 0.264 e. The summed E-state index contributed by atoms with van der Waals surface area (Å²) in [6.07, 6.45) is 3.99. The molecule has 1 aliphatic rings. The predicted molar refractivity (Wildman–Crippen MR) is 183 cm³/mol. The molecule has 7 nitrogen and oxygen atoms in total. The SMILES string of the molecule is Cc1ccc(N(CC(=O)N(Cc2c(Cl)cccc2Cl)[C@H](Cc2ccccc2)C(=O)NC2CCCC2)S(=O)(=O)c2ccccc2)cc1. The molecule has 0 unspecified atom stereocenters. The van der Waals surface area contributed by atoms with Crippen molar-refractivity contribution in [2.24, 2.45) is 0 Å². The zero-order valence-corrected chi connectivity index (χ0v) is 27.9. The minimum Gasteiger partial charge on any atom is -0.352 e. The summed E-state index contributed by atoms with van der Waals surface area (Å²) in [4.78, 5) is 30.2. The molecule has 1 N–H and O–H groups in total. The lowest BCUT2D eigenvalue weighted by Gasteiger charge is -2.34. The van der Waals surface area contributed by atoms with Crippen molar-refractivity contribution in [1.29, 1.82) is 0 Å². The summed E-state index contributed by atoms with van der Waals surface area (Å²) in [6.45, 7) is 1.25. The van der Waals surface area contributed by atoms with Gasteiger partial charge in [-0.3, -0.25) is 13.9 Å². The Balaban J connectivity index is 1.58. The highest BCUT2D eigenvalue weighted by Gasteiger charge is 2.36. The number of carbonyl (C=O) groups excluding carboxylic acids is 2. The zero-order valence-electron chi connectivity index (χ0n) is 25.6. The maximum absolute atomic E-state index is 14.6. The highest BCUT2D eigenvalue weighted by Crippen LogP contribution is 2.29. The molecule has 46 heavy (non-hydrogen) atoms. The number of aryl methyl sites for hydroxylation is 1. The third-order valence-electron chi connectivity index (χ3n) is 8.29. The van der Waals surface area contributed by atoms with Crippen molar-refractivity contribution in [3.63, 3.8) is 0 Å². The Labute approximate surface area is 281 Å². The van der Waals surface area contributed by atoms with Gasteiger partial charge >= 0.3 is 0 Å². The standard InChI is InChI=1S/C36H37Cl2N3O4S/c1-26-19-21-29(22-20-26)41(46(44,45)30-15-6-3-7-16-30)25-35(42)40(24-31-32(37)17-10-18-33(31)38)34(23-27-11-4-2-5-12-27)36(43)39-28-13-8-9-14-28/h2-7,10-12,15-22,28,34H,8-9,13-14,23-25H2,1H3,(H,39,43)/t34-/m1/s1. The molecule has 1 saturated carbocycles. The molecular formula is C36H37Cl2N3O4S. The average molecular weight is 679 g/mol. The molecule has 5 rings (SSSR count). The third kappa shape index (κ3) is 8.10. The van der Waals surface area contributed by atoms with Gasteiger partial charge in [0.15, 0.2) is 0 Å². The number of nitrogens with one attached hydrogen (secondary N) is 1. The van der Waals surface area contributed by atoms with E-state index in [0.29, 0.717) is 21.3 Å². The van der Waals surface area contributed by atoms with Crippen molar-refractivity contribution >= 4 is 50.7 Å². The number of rotatable bonds is 12. The van der Waals surface area contributed by atoms with Crippen LogP contribution in [0.3, 0.4) is 0 Å². The third-order valence-corrected chi connectivity index (χ3v) is 10.8. The molecule has 1 atom stereocenters. The number of anilines is 1. The fraction of sp³-hybridized carbons (Fsp3) is 0.278. The van der Waals surface area contributed by atoms with Crippen molar-refractivity contribution in [2.45, 2.75) is 62.6 Å². The van der Waals surface area contributed by atoms with Gasteiger partial charge in [0.1, 0.15) is 12.6 Å². The summed E-state index contributed by atoms with van der Waals surface area (Å²) in [7, 11) is -4.18. The molecule has 0 saturated heterocycles. The van der Waals surface area contributed by atoms with Gasteiger partial charge in [-0.15, -0.1) is 0 Å². The number of benzene rings is 4. The normalized spacial score (nSPS) is 14.1. The van der Waals surface area contributed by atoms with Gasteiger partial charge in [-0.05, 0) is 61.7 Å². The second-order valence-corrected chi connectivity index (χ2v) is 14.3. The first-order valence-electron chi connectivity index (χ1n) is 15.3. The van der Waals surface area contributed by atoms with E-state index < -0.39 is 28.5 Å². The monoisotopic (exact) mass is 677 g/mol. The van der Waals surface area contributed by atoms with E-state index in [4.69, 9.17) is 23.2 Å². The van der Waals surface area contributed by atoms with E-state index in [1.807, 2.05) is 37.3 Å². The predicted octanol–water partition coefficient (Wildman–Crippen LogP) is 7.20. The number of sulfonamides is 1. The van der Waals surface area contributed by atoms with E-state index in [1.165, 1.54) is 17.0 Å². The molecule has 0 bridgehead atoms. The summed E-state index contributed by atoms with van der Waals surface area (Å²) >= 11 is 13.2. The molecule has 1 fully saturated rings. The lowest BCUT2D eigenvalue weighted by atomic mass is 10.0. The molecule has 0 heterocycles. The topological polar surface area (TPSA) is 86.8 Å². The van der Waals surface area contributed by atoms with Gasteiger partial charge in [-0.2, -0.15) is 0 Å². The number of hydrogen-bond donors (Lipinski definition) is 1. The summed E-state index contributed by atoms with van der Waals surface area (Å²) < 4.78 is 29.3. The van der Waals surface area contributed by atoms with Crippen LogP contribution < -0.4 is 9.62 Å². The van der Waals surface area contributed by atoms with Crippen LogP contribution >= 0.6 is 23.2 Å². The Kier molecular flexibility index (Phi) is 11.0. The average Bonchev–Trinajstić information content (AvgIpc) is 3.57. The van der Waals surface area contributed by atoms with Crippen LogP contribution in [0.5, 0.6) is 0 Å². The van der Waals surface area contributed by atoms with E-state index in [-0.39, 0.29) is 29.8 Å². The molecule has 4 aromatic rings. The molecule has 0 radical (unpaired) electrons. The fourth-order valence-electron chi connectivity index (χ4n) is 5.73. The number of amides is 2. The summed E-state index contributed by atoms with van der Waals surface area (Å²) in [6, 6.07) is 28.5.